The zero-order valence-corrected chi connectivity index (χ0v) is 15.7. The van der Waals surface area contributed by atoms with E-state index in [9.17, 15) is 9.59 Å². The quantitative estimate of drug-likeness (QED) is 0.348. The highest BCUT2D eigenvalue weighted by atomic mass is 32.1. The topological polar surface area (TPSA) is 43.4 Å². The minimum absolute atomic E-state index is 0.107. The first-order valence-corrected chi connectivity index (χ1v) is 9.49. The molecule has 26 heavy (non-hydrogen) atoms. The Morgan fingerprint density at radius 1 is 0.923 bits per heavy atom. The highest BCUT2D eigenvalue weighted by Crippen LogP contribution is 2.39. The van der Waals surface area contributed by atoms with Crippen molar-refractivity contribution in [1.82, 2.24) is 0 Å². The van der Waals surface area contributed by atoms with Gasteiger partial charge < -0.3 is 4.74 Å². The largest absolute Gasteiger partial charge is 0.483 e. The van der Waals surface area contributed by atoms with E-state index in [2.05, 4.69) is 9.24 Å². The number of Topliss-reactive ketones (excluding diaryl/α,β-unsaturated/α-hetero) is 1. The van der Waals surface area contributed by atoms with Crippen LogP contribution >= 0.6 is 20.6 Å². The first kappa shape index (κ1) is 16.9. The van der Waals surface area contributed by atoms with Crippen molar-refractivity contribution in [3.05, 3.63) is 77.2 Å². The fourth-order valence-electron chi connectivity index (χ4n) is 2.91. The van der Waals surface area contributed by atoms with Gasteiger partial charge in [-0.2, -0.15) is 0 Å². The van der Waals surface area contributed by atoms with E-state index in [4.69, 9.17) is 4.74 Å². The summed E-state index contributed by atoms with van der Waals surface area (Å²) in [5.74, 6) is 0.368. The molecule has 4 rings (SSSR count). The molecule has 0 aliphatic heterocycles. The maximum Gasteiger partial charge on any atom is 0.200 e. The molecule has 0 radical (unpaired) electrons. The molecule has 0 saturated heterocycles. The summed E-state index contributed by atoms with van der Waals surface area (Å²) < 4.78 is 6.77. The highest BCUT2D eigenvalue weighted by molar-refractivity contribution is 7.44. The van der Waals surface area contributed by atoms with Gasteiger partial charge in [0.15, 0.2) is 17.9 Å². The minimum atomic E-state index is -0.139. The SMILES string of the molecule is O=C(COc1c(C(=O)P)sc2ccccc12)c1ccc2ccccc2c1. The minimum Gasteiger partial charge on any atom is -0.483 e. The number of fused-ring (bicyclic) bond motifs is 2. The monoisotopic (exact) mass is 378 g/mol. The summed E-state index contributed by atoms with van der Waals surface area (Å²) >= 11 is 1.37. The summed E-state index contributed by atoms with van der Waals surface area (Å²) in [6, 6.07) is 21.2. The zero-order valence-electron chi connectivity index (χ0n) is 13.8. The van der Waals surface area contributed by atoms with Gasteiger partial charge in [0.2, 0.25) is 0 Å². The number of rotatable bonds is 5. The first-order chi connectivity index (χ1) is 12.6. The Labute approximate surface area is 156 Å². The van der Waals surface area contributed by atoms with E-state index in [1.54, 1.807) is 0 Å². The van der Waals surface area contributed by atoms with Gasteiger partial charge in [-0.3, -0.25) is 9.59 Å². The van der Waals surface area contributed by atoms with Crippen LogP contribution in [-0.4, -0.2) is 17.9 Å². The molecule has 0 aliphatic carbocycles. The number of hydrogen-bond donors (Lipinski definition) is 0. The maximum absolute atomic E-state index is 12.6. The first-order valence-electron chi connectivity index (χ1n) is 8.09. The molecule has 1 heterocycles. The number of ketones is 1. The predicted molar refractivity (Wildman–Crippen MR) is 110 cm³/mol. The normalized spacial score (nSPS) is 11.0. The van der Waals surface area contributed by atoms with Crippen LogP contribution in [0.15, 0.2) is 66.7 Å². The molecule has 1 atom stereocenters. The maximum atomic E-state index is 12.6. The van der Waals surface area contributed by atoms with Crippen LogP contribution in [0.2, 0.25) is 0 Å². The van der Waals surface area contributed by atoms with Gasteiger partial charge in [-0.1, -0.05) is 57.8 Å². The molecule has 4 aromatic rings. The number of carbonyl (C=O) groups is 2. The number of benzene rings is 3. The van der Waals surface area contributed by atoms with E-state index in [0.29, 0.717) is 16.2 Å². The smallest absolute Gasteiger partial charge is 0.200 e. The zero-order chi connectivity index (χ0) is 18.1. The van der Waals surface area contributed by atoms with Crippen LogP contribution in [0.4, 0.5) is 0 Å². The van der Waals surface area contributed by atoms with Gasteiger partial charge in [0.1, 0.15) is 10.6 Å². The van der Waals surface area contributed by atoms with Crippen molar-refractivity contribution < 1.29 is 14.3 Å². The average molecular weight is 378 g/mol. The molecule has 5 heteroatoms. The third kappa shape index (κ3) is 3.14. The van der Waals surface area contributed by atoms with Gasteiger partial charge in [-0.25, -0.2) is 0 Å². The molecule has 3 nitrogen and oxygen atoms in total. The molecule has 0 fully saturated rings. The Balaban J connectivity index is 1.62. The number of thiophene rings is 1. The van der Waals surface area contributed by atoms with Crippen molar-refractivity contribution >= 4 is 52.7 Å². The van der Waals surface area contributed by atoms with E-state index in [-0.39, 0.29) is 17.9 Å². The summed E-state index contributed by atoms with van der Waals surface area (Å²) in [5, 5.41) is 2.96. The summed E-state index contributed by atoms with van der Waals surface area (Å²) in [4.78, 5) is 25.0. The Morgan fingerprint density at radius 2 is 1.65 bits per heavy atom. The molecular weight excluding hydrogens is 363 g/mol. The fourth-order valence-corrected chi connectivity index (χ4v) is 4.22. The molecule has 3 aromatic carbocycles. The lowest BCUT2D eigenvalue weighted by atomic mass is 10.0. The summed E-state index contributed by atoms with van der Waals surface area (Å²) in [6.45, 7) is -0.107. The van der Waals surface area contributed by atoms with E-state index in [0.717, 1.165) is 20.9 Å². The average Bonchev–Trinajstić information content (AvgIpc) is 3.04. The van der Waals surface area contributed by atoms with Crippen molar-refractivity contribution in [2.24, 2.45) is 0 Å². The van der Waals surface area contributed by atoms with Crippen molar-refractivity contribution in [3.8, 4) is 5.75 Å². The van der Waals surface area contributed by atoms with Gasteiger partial charge in [-0.05, 0) is 29.0 Å². The number of hydrogen-bond acceptors (Lipinski definition) is 4. The Hall–Kier alpha value is -2.55. The van der Waals surface area contributed by atoms with Gasteiger partial charge in [0.25, 0.3) is 0 Å². The molecule has 128 valence electrons. The lowest BCUT2D eigenvalue weighted by molar-refractivity contribution is 0.0919. The third-order valence-electron chi connectivity index (χ3n) is 4.19. The molecule has 1 aromatic heterocycles. The standard InChI is InChI=1S/C21H15O3PS/c22-17(15-10-9-13-5-1-2-6-14(13)11-15)12-24-19-16-7-3-4-8-18(16)26-20(19)21(23)25/h1-11H,12,25H2. The second-order valence-electron chi connectivity index (χ2n) is 5.89. The Bertz CT molecular complexity index is 1150. The van der Waals surface area contributed by atoms with Gasteiger partial charge >= 0.3 is 0 Å². The molecule has 0 amide bonds. The number of carbonyl (C=O) groups excluding carboxylic acids is 2. The fraction of sp³-hybridized carbons (Fsp3) is 0.0476. The second-order valence-corrected chi connectivity index (χ2v) is 7.47. The third-order valence-corrected chi connectivity index (χ3v) is 5.86. The predicted octanol–water partition coefficient (Wildman–Crippen LogP) is 5.33. The van der Waals surface area contributed by atoms with Crippen molar-refractivity contribution in [1.29, 1.82) is 0 Å². The summed E-state index contributed by atoms with van der Waals surface area (Å²) in [7, 11) is 2.17. The molecule has 0 spiro atoms. The summed E-state index contributed by atoms with van der Waals surface area (Å²) in [6.07, 6.45) is 0. The van der Waals surface area contributed by atoms with Gasteiger partial charge in [-0.15, -0.1) is 11.3 Å². The van der Waals surface area contributed by atoms with Crippen molar-refractivity contribution in [2.45, 2.75) is 0 Å². The van der Waals surface area contributed by atoms with Gasteiger partial charge in [0, 0.05) is 15.6 Å². The summed E-state index contributed by atoms with van der Waals surface area (Å²) in [5.41, 5.74) is 0.460. The molecular formula is C21H15O3PS. The van der Waals surface area contributed by atoms with Crippen molar-refractivity contribution in [2.75, 3.05) is 6.61 Å². The lowest BCUT2D eigenvalue weighted by Crippen LogP contribution is -2.12. The van der Waals surface area contributed by atoms with E-state index >= 15 is 0 Å². The molecule has 1 unspecified atom stereocenters. The van der Waals surface area contributed by atoms with Crippen LogP contribution in [0.1, 0.15) is 20.0 Å². The van der Waals surface area contributed by atoms with Crippen LogP contribution in [0.25, 0.3) is 20.9 Å². The Kier molecular flexibility index (Phi) is 4.54. The van der Waals surface area contributed by atoms with Crippen LogP contribution in [0, 0.1) is 0 Å². The second kappa shape index (κ2) is 6.99. The lowest BCUT2D eigenvalue weighted by Gasteiger charge is -2.07. The van der Waals surface area contributed by atoms with Crippen molar-refractivity contribution in [3.63, 3.8) is 0 Å². The van der Waals surface area contributed by atoms with Crippen LogP contribution < -0.4 is 4.74 Å². The molecule has 0 bridgehead atoms. The van der Waals surface area contributed by atoms with E-state index in [1.165, 1.54) is 11.3 Å². The van der Waals surface area contributed by atoms with Crippen LogP contribution in [-0.2, 0) is 0 Å². The Morgan fingerprint density at radius 3 is 2.46 bits per heavy atom. The van der Waals surface area contributed by atoms with E-state index in [1.807, 2.05) is 66.7 Å². The van der Waals surface area contributed by atoms with Gasteiger partial charge in [0.05, 0.1) is 0 Å². The molecule has 0 aliphatic rings. The molecule has 0 saturated carbocycles. The van der Waals surface area contributed by atoms with E-state index < -0.39 is 0 Å². The highest BCUT2D eigenvalue weighted by Gasteiger charge is 2.18. The van der Waals surface area contributed by atoms with Crippen LogP contribution in [0.3, 0.4) is 0 Å². The van der Waals surface area contributed by atoms with Crippen LogP contribution in [0.5, 0.6) is 5.75 Å². The molecule has 0 N–H and O–H groups in total. The number of ether oxygens (including phenoxy) is 1.